The minimum atomic E-state index is 0.420. The molecule has 0 aromatic rings. The van der Waals surface area contributed by atoms with Crippen molar-refractivity contribution in [1.29, 1.82) is 0 Å². The van der Waals surface area contributed by atoms with E-state index in [1.54, 1.807) is 0 Å². The fraction of sp³-hybridized carbons (Fsp3) is 0.400. The lowest BCUT2D eigenvalue weighted by atomic mass is 10.0. The summed E-state index contributed by atoms with van der Waals surface area (Å²) < 4.78 is 5.83. The lowest BCUT2D eigenvalue weighted by Crippen LogP contribution is -2.05. The number of aliphatic imine (C=N–C) groups is 1. The molecule has 0 aromatic carbocycles. The van der Waals surface area contributed by atoms with Gasteiger partial charge in [-0.1, -0.05) is 32.1 Å². The van der Waals surface area contributed by atoms with E-state index in [9.17, 15) is 0 Å². The molecule has 0 fully saturated rings. The standard InChI is InChI=1S/C15H21NO/c1-4-6-11-15(16-12-5-2)17-14-10-8-7-9-13(14)3/h4,7-8,10-13H,1,5-6,9H2,2-3H3/b15-11+,16-12-. The van der Waals surface area contributed by atoms with Crippen LogP contribution in [-0.4, -0.2) is 6.21 Å². The van der Waals surface area contributed by atoms with E-state index < -0.39 is 0 Å². The second-order valence-corrected chi connectivity index (χ2v) is 4.02. The van der Waals surface area contributed by atoms with Crippen molar-refractivity contribution in [2.45, 2.75) is 33.1 Å². The topological polar surface area (TPSA) is 21.6 Å². The SMILES string of the molecule is C=CC/C=C(\N=C/CC)OC1=CC=CCC1C. The normalized spacial score (nSPS) is 20.5. The molecule has 1 aliphatic carbocycles. The summed E-state index contributed by atoms with van der Waals surface area (Å²) >= 11 is 0. The highest BCUT2D eigenvalue weighted by molar-refractivity contribution is 5.58. The summed E-state index contributed by atoms with van der Waals surface area (Å²) in [6.45, 7) is 7.91. The van der Waals surface area contributed by atoms with E-state index in [-0.39, 0.29) is 0 Å². The Hall–Kier alpha value is -1.57. The van der Waals surface area contributed by atoms with Crippen LogP contribution < -0.4 is 0 Å². The summed E-state index contributed by atoms with van der Waals surface area (Å²) in [5.41, 5.74) is 0. The van der Waals surface area contributed by atoms with Gasteiger partial charge < -0.3 is 4.74 Å². The van der Waals surface area contributed by atoms with Crippen molar-refractivity contribution < 1.29 is 4.74 Å². The summed E-state index contributed by atoms with van der Waals surface area (Å²) in [6, 6.07) is 0. The van der Waals surface area contributed by atoms with Crippen LogP contribution in [-0.2, 0) is 4.74 Å². The van der Waals surface area contributed by atoms with E-state index in [0.29, 0.717) is 11.8 Å². The van der Waals surface area contributed by atoms with Crippen molar-refractivity contribution in [3.63, 3.8) is 0 Å². The van der Waals surface area contributed by atoms with Gasteiger partial charge in [-0.05, 0) is 31.4 Å². The van der Waals surface area contributed by atoms with Crippen molar-refractivity contribution in [3.8, 4) is 0 Å². The molecule has 0 aliphatic heterocycles. The highest BCUT2D eigenvalue weighted by atomic mass is 16.5. The first-order valence-corrected chi connectivity index (χ1v) is 6.16. The number of allylic oxidation sites excluding steroid dienone is 6. The smallest absolute Gasteiger partial charge is 0.214 e. The fourth-order valence-electron chi connectivity index (χ4n) is 1.47. The number of rotatable bonds is 6. The second kappa shape index (κ2) is 7.66. The highest BCUT2D eigenvalue weighted by Gasteiger charge is 2.12. The van der Waals surface area contributed by atoms with Crippen LogP contribution >= 0.6 is 0 Å². The van der Waals surface area contributed by atoms with E-state index in [4.69, 9.17) is 4.74 Å². The van der Waals surface area contributed by atoms with Gasteiger partial charge in [0.15, 0.2) is 0 Å². The first kappa shape index (κ1) is 13.5. The average molecular weight is 231 g/mol. The minimum absolute atomic E-state index is 0.420. The zero-order valence-electron chi connectivity index (χ0n) is 10.7. The monoisotopic (exact) mass is 231 g/mol. The summed E-state index contributed by atoms with van der Waals surface area (Å²) in [5.74, 6) is 2.07. The van der Waals surface area contributed by atoms with E-state index in [1.165, 1.54) is 0 Å². The van der Waals surface area contributed by atoms with E-state index in [2.05, 4.69) is 31.5 Å². The van der Waals surface area contributed by atoms with Crippen molar-refractivity contribution in [2.24, 2.45) is 10.9 Å². The number of ether oxygens (including phenoxy) is 1. The van der Waals surface area contributed by atoms with E-state index in [1.807, 2.05) is 30.5 Å². The maximum Gasteiger partial charge on any atom is 0.214 e. The molecule has 0 radical (unpaired) electrons. The fourth-order valence-corrected chi connectivity index (χ4v) is 1.47. The Balaban J connectivity index is 2.71. The predicted molar refractivity (Wildman–Crippen MR) is 73.8 cm³/mol. The lowest BCUT2D eigenvalue weighted by Gasteiger charge is -2.17. The maximum absolute atomic E-state index is 5.83. The van der Waals surface area contributed by atoms with Crippen molar-refractivity contribution in [3.05, 3.63) is 48.6 Å². The molecule has 17 heavy (non-hydrogen) atoms. The van der Waals surface area contributed by atoms with Crippen LogP contribution in [0.5, 0.6) is 0 Å². The molecule has 0 saturated heterocycles. The van der Waals surface area contributed by atoms with Crippen LogP contribution in [0.4, 0.5) is 0 Å². The van der Waals surface area contributed by atoms with Crippen LogP contribution in [0, 0.1) is 5.92 Å². The van der Waals surface area contributed by atoms with Crippen LogP contribution in [0.1, 0.15) is 33.1 Å². The van der Waals surface area contributed by atoms with Crippen molar-refractivity contribution in [1.82, 2.24) is 0 Å². The zero-order chi connectivity index (χ0) is 12.5. The largest absolute Gasteiger partial charge is 0.443 e. The molecule has 0 spiro atoms. The molecule has 2 nitrogen and oxygen atoms in total. The molecular formula is C15H21NO. The lowest BCUT2D eigenvalue weighted by molar-refractivity contribution is 0.255. The summed E-state index contributed by atoms with van der Waals surface area (Å²) in [6.07, 6.45) is 14.5. The third-order valence-electron chi connectivity index (χ3n) is 2.45. The quantitative estimate of drug-likeness (QED) is 0.377. The van der Waals surface area contributed by atoms with Gasteiger partial charge >= 0.3 is 0 Å². The molecule has 1 atom stereocenters. The molecular weight excluding hydrogens is 210 g/mol. The Morgan fingerprint density at radius 3 is 3.12 bits per heavy atom. The summed E-state index contributed by atoms with van der Waals surface area (Å²) in [5, 5.41) is 0. The van der Waals surface area contributed by atoms with Gasteiger partial charge in [-0.25, -0.2) is 4.99 Å². The first-order valence-electron chi connectivity index (χ1n) is 6.16. The number of hydrogen-bond donors (Lipinski definition) is 0. The van der Waals surface area contributed by atoms with Crippen LogP contribution in [0.3, 0.4) is 0 Å². The molecule has 0 bridgehead atoms. The molecule has 1 aliphatic rings. The third kappa shape index (κ3) is 4.85. The van der Waals surface area contributed by atoms with Crippen molar-refractivity contribution >= 4 is 6.21 Å². The van der Waals surface area contributed by atoms with Gasteiger partial charge in [0.1, 0.15) is 5.76 Å². The Morgan fingerprint density at radius 2 is 2.47 bits per heavy atom. The van der Waals surface area contributed by atoms with Gasteiger partial charge in [0.05, 0.1) is 0 Å². The molecule has 0 N–H and O–H groups in total. The minimum Gasteiger partial charge on any atom is -0.443 e. The molecule has 92 valence electrons. The van der Waals surface area contributed by atoms with Gasteiger partial charge in [0.25, 0.3) is 0 Å². The van der Waals surface area contributed by atoms with Crippen LogP contribution in [0.15, 0.2) is 53.6 Å². The molecule has 1 unspecified atom stereocenters. The number of hydrogen-bond acceptors (Lipinski definition) is 2. The summed E-state index contributed by atoms with van der Waals surface area (Å²) in [7, 11) is 0. The van der Waals surface area contributed by atoms with Gasteiger partial charge in [0, 0.05) is 12.1 Å². The highest BCUT2D eigenvalue weighted by Crippen LogP contribution is 2.23. The molecule has 1 rings (SSSR count). The number of nitrogens with zero attached hydrogens (tertiary/aromatic N) is 1. The molecule has 0 saturated carbocycles. The first-order chi connectivity index (χ1) is 8.27. The second-order valence-electron chi connectivity index (χ2n) is 4.02. The Bertz CT molecular complexity index is 361. The molecule has 0 heterocycles. The van der Waals surface area contributed by atoms with Crippen molar-refractivity contribution in [2.75, 3.05) is 0 Å². The Morgan fingerprint density at radius 1 is 1.65 bits per heavy atom. The maximum atomic E-state index is 5.83. The Labute approximate surface area is 104 Å². The molecule has 0 amide bonds. The Kier molecular flexibility index (Phi) is 6.08. The van der Waals surface area contributed by atoms with Crippen LogP contribution in [0.25, 0.3) is 0 Å². The molecule has 0 aromatic heterocycles. The van der Waals surface area contributed by atoms with E-state index >= 15 is 0 Å². The average Bonchev–Trinajstić information content (AvgIpc) is 2.35. The van der Waals surface area contributed by atoms with Gasteiger partial charge in [0.2, 0.25) is 5.88 Å². The third-order valence-corrected chi connectivity index (χ3v) is 2.45. The van der Waals surface area contributed by atoms with E-state index in [0.717, 1.165) is 25.0 Å². The zero-order valence-corrected chi connectivity index (χ0v) is 10.7. The molecule has 2 heteroatoms. The van der Waals surface area contributed by atoms with Gasteiger partial charge in [-0.15, -0.1) is 6.58 Å². The summed E-state index contributed by atoms with van der Waals surface area (Å²) in [4.78, 5) is 4.31. The van der Waals surface area contributed by atoms with Crippen LogP contribution in [0.2, 0.25) is 0 Å². The predicted octanol–water partition coefficient (Wildman–Crippen LogP) is 4.38. The van der Waals surface area contributed by atoms with Gasteiger partial charge in [-0.3, -0.25) is 0 Å². The van der Waals surface area contributed by atoms with Gasteiger partial charge in [-0.2, -0.15) is 0 Å².